The summed E-state index contributed by atoms with van der Waals surface area (Å²) in [7, 11) is 0. The van der Waals surface area contributed by atoms with E-state index in [1.54, 1.807) is 0 Å². The van der Waals surface area contributed by atoms with E-state index in [-0.39, 0.29) is 6.92 Å². The highest BCUT2D eigenvalue weighted by atomic mass is 19.3. The molecule has 0 N–H and O–H groups in total. The minimum atomic E-state index is -5.62. The maximum absolute atomic E-state index is 12.4. The Bertz CT molecular complexity index is 204. The molecule has 0 saturated carbocycles. The first-order valence-electron chi connectivity index (χ1n) is 3.66. The fourth-order valence-corrected chi connectivity index (χ4v) is 0.603. The molecule has 0 spiro atoms. The molecule has 0 rings (SSSR count). The summed E-state index contributed by atoms with van der Waals surface area (Å²) >= 11 is 0. The summed E-state index contributed by atoms with van der Waals surface area (Å²) in [5, 5.41) is 0. The summed E-state index contributed by atoms with van der Waals surface area (Å²) in [6.45, 7) is 0.184. The Morgan fingerprint density at radius 3 is 1.67 bits per heavy atom. The van der Waals surface area contributed by atoms with Crippen molar-refractivity contribution in [2.45, 2.75) is 37.5 Å². The van der Waals surface area contributed by atoms with Gasteiger partial charge < -0.3 is 0 Å². The van der Waals surface area contributed by atoms with E-state index in [0.717, 1.165) is 0 Å². The van der Waals surface area contributed by atoms with Gasteiger partial charge >= 0.3 is 18.3 Å². The SMILES string of the molecule is CC(F)(F)[CH]CC(F)(F)C(F)(F)C(F)F. The molecule has 91 valence electrons. The van der Waals surface area contributed by atoms with Crippen LogP contribution >= 0.6 is 0 Å². The van der Waals surface area contributed by atoms with Crippen LogP contribution < -0.4 is 0 Å². The van der Waals surface area contributed by atoms with Gasteiger partial charge in [-0.2, -0.15) is 17.6 Å². The normalized spacial score (nSPS) is 14.8. The standard InChI is InChI=1S/C7H7F8/c1-5(10,11)2-3-6(12,13)7(14,15)4(8)9/h2,4H,3H2,1H3. The molecule has 8 heteroatoms. The van der Waals surface area contributed by atoms with E-state index in [0.29, 0.717) is 0 Å². The van der Waals surface area contributed by atoms with Crippen molar-refractivity contribution in [2.75, 3.05) is 0 Å². The van der Waals surface area contributed by atoms with Gasteiger partial charge in [0, 0.05) is 12.8 Å². The van der Waals surface area contributed by atoms with Crippen LogP contribution in [0.3, 0.4) is 0 Å². The molecule has 0 atom stereocenters. The van der Waals surface area contributed by atoms with E-state index in [1.165, 1.54) is 0 Å². The molecule has 0 aromatic carbocycles. The molecule has 0 saturated heterocycles. The largest absolute Gasteiger partial charge is 0.369 e. The second kappa shape index (κ2) is 4.13. The molecular formula is C7H7F8. The first-order valence-corrected chi connectivity index (χ1v) is 3.66. The van der Waals surface area contributed by atoms with Crippen molar-refractivity contribution < 1.29 is 35.1 Å². The van der Waals surface area contributed by atoms with Crippen molar-refractivity contribution in [2.24, 2.45) is 0 Å². The van der Waals surface area contributed by atoms with Gasteiger partial charge in [-0.3, -0.25) is 0 Å². The van der Waals surface area contributed by atoms with Crippen LogP contribution in [0.5, 0.6) is 0 Å². The third-order valence-electron chi connectivity index (χ3n) is 1.48. The zero-order chi connectivity index (χ0) is 12.5. The van der Waals surface area contributed by atoms with Crippen LogP contribution in [0, 0.1) is 6.42 Å². The molecule has 0 aromatic heterocycles. The van der Waals surface area contributed by atoms with E-state index < -0.39 is 37.0 Å². The van der Waals surface area contributed by atoms with E-state index in [1.807, 2.05) is 0 Å². The molecule has 0 aliphatic heterocycles. The maximum Gasteiger partial charge on any atom is 0.369 e. The highest BCUT2D eigenvalue weighted by Crippen LogP contribution is 2.43. The molecule has 0 aliphatic carbocycles. The summed E-state index contributed by atoms with van der Waals surface area (Å²) < 4.78 is 96.1. The molecule has 0 fully saturated rings. The summed E-state index contributed by atoms with van der Waals surface area (Å²) in [5.41, 5.74) is 0. The average molecular weight is 243 g/mol. The lowest BCUT2D eigenvalue weighted by atomic mass is 10.0. The first-order chi connectivity index (χ1) is 6.40. The highest BCUT2D eigenvalue weighted by Gasteiger charge is 2.62. The van der Waals surface area contributed by atoms with Gasteiger partial charge in [-0.05, 0) is 6.92 Å². The summed E-state index contributed by atoms with van der Waals surface area (Å²) in [5.74, 6) is -14.5. The monoisotopic (exact) mass is 243 g/mol. The van der Waals surface area contributed by atoms with Crippen LogP contribution in [-0.2, 0) is 0 Å². The van der Waals surface area contributed by atoms with E-state index >= 15 is 0 Å². The smallest absolute Gasteiger partial charge is 0.207 e. The summed E-state index contributed by atoms with van der Waals surface area (Å²) in [4.78, 5) is 0. The molecule has 0 nitrogen and oxygen atoms in total. The van der Waals surface area contributed by atoms with Crippen LogP contribution in [0.2, 0.25) is 0 Å². The lowest BCUT2D eigenvalue weighted by Crippen LogP contribution is -2.46. The third-order valence-corrected chi connectivity index (χ3v) is 1.48. The Balaban J connectivity index is 4.55. The van der Waals surface area contributed by atoms with Crippen LogP contribution in [-0.4, -0.2) is 24.2 Å². The zero-order valence-corrected chi connectivity index (χ0v) is 7.39. The van der Waals surface area contributed by atoms with Gasteiger partial charge in [-0.1, -0.05) is 0 Å². The predicted octanol–water partition coefficient (Wildman–Crippen LogP) is 3.77. The number of rotatable bonds is 5. The number of hydrogen-bond acceptors (Lipinski definition) is 0. The van der Waals surface area contributed by atoms with Gasteiger partial charge in [0.05, 0.1) is 0 Å². The maximum atomic E-state index is 12.4. The van der Waals surface area contributed by atoms with Gasteiger partial charge in [0.2, 0.25) is 5.92 Å². The van der Waals surface area contributed by atoms with Crippen molar-refractivity contribution in [1.29, 1.82) is 0 Å². The molecule has 0 unspecified atom stereocenters. The number of hydrogen-bond donors (Lipinski definition) is 0. The van der Waals surface area contributed by atoms with E-state index in [4.69, 9.17) is 0 Å². The summed E-state index contributed by atoms with van der Waals surface area (Å²) in [6, 6.07) is 0. The molecule has 0 heterocycles. The second-order valence-electron chi connectivity index (χ2n) is 2.99. The molecule has 1 radical (unpaired) electrons. The number of alkyl halides is 8. The van der Waals surface area contributed by atoms with Crippen molar-refractivity contribution in [3.63, 3.8) is 0 Å². The molecule has 0 aliphatic rings. The fourth-order valence-electron chi connectivity index (χ4n) is 0.603. The zero-order valence-electron chi connectivity index (χ0n) is 7.39. The lowest BCUT2D eigenvalue weighted by molar-refractivity contribution is -0.264. The molecular weight excluding hydrogens is 236 g/mol. The van der Waals surface area contributed by atoms with Crippen LogP contribution in [0.4, 0.5) is 35.1 Å². The van der Waals surface area contributed by atoms with Crippen LogP contribution in [0.15, 0.2) is 0 Å². The summed E-state index contributed by atoms with van der Waals surface area (Å²) in [6.07, 6.45) is -7.15. The minimum Gasteiger partial charge on any atom is -0.207 e. The Morgan fingerprint density at radius 1 is 1.00 bits per heavy atom. The average Bonchev–Trinajstić information content (AvgIpc) is 1.99. The lowest BCUT2D eigenvalue weighted by Gasteiger charge is -2.26. The molecule has 0 amide bonds. The fraction of sp³-hybridized carbons (Fsp3) is 0.857. The Morgan fingerprint density at radius 2 is 1.40 bits per heavy atom. The first kappa shape index (κ1) is 14.4. The quantitative estimate of drug-likeness (QED) is 0.645. The Kier molecular flexibility index (Phi) is 3.98. The van der Waals surface area contributed by atoms with Gasteiger partial charge in [-0.15, -0.1) is 0 Å². The van der Waals surface area contributed by atoms with Crippen molar-refractivity contribution in [3.05, 3.63) is 6.42 Å². The van der Waals surface area contributed by atoms with Crippen LogP contribution in [0.25, 0.3) is 0 Å². The van der Waals surface area contributed by atoms with Crippen LogP contribution in [0.1, 0.15) is 13.3 Å². The Labute approximate surface area is 80.3 Å². The highest BCUT2D eigenvalue weighted by molar-refractivity contribution is 4.94. The van der Waals surface area contributed by atoms with E-state index in [2.05, 4.69) is 0 Å². The topological polar surface area (TPSA) is 0 Å². The van der Waals surface area contributed by atoms with Crippen molar-refractivity contribution in [3.8, 4) is 0 Å². The predicted molar refractivity (Wildman–Crippen MR) is 35.4 cm³/mol. The third kappa shape index (κ3) is 3.83. The van der Waals surface area contributed by atoms with Gasteiger partial charge in [0.25, 0.3) is 0 Å². The van der Waals surface area contributed by atoms with E-state index in [9.17, 15) is 35.1 Å². The Hall–Kier alpha value is -0.560. The van der Waals surface area contributed by atoms with Gasteiger partial charge in [0.15, 0.2) is 0 Å². The van der Waals surface area contributed by atoms with Gasteiger partial charge in [-0.25, -0.2) is 17.6 Å². The molecule has 15 heavy (non-hydrogen) atoms. The second-order valence-corrected chi connectivity index (χ2v) is 2.99. The molecule has 0 bridgehead atoms. The molecule has 0 aromatic rings. The minimum absolute atomic E-state index is 0.184. The number of halogens is 8. The van der Waals surface area contributed by atoms with Crippen molar-refractivity contribution in [1.82, 2.24) is 0 Å². The van der Waals surface area contributed by atoms with Gasteiger partial charge in [0.1, 0.15) is 0 Å². The van der Waals surface area contributed by atoms with Crippen molar-refractivity contribution >= 4 is 0 Å².